The molecule has 5 nitrogen and oxygen atoms in total. The zero-order valence-corrected chi connectivity index (χ0v) is 10.9. The molecule has 2 aromatic heterocycles. The molecule has 1 saturated heterocycles. The maximum absolute atomic E-state index is 5.98. The average molecular weight is 245 g/mol. The first-order valence-electron chi connectivity index (χ1n) is 6.39. The second-order valence-corrected chi connectivity index (χ2v) is 5.22. The molecule has 0 saturated carbocycles. The number of nitrogens with zero attached hydrogens (tertiary/aromatic N) is 4. The van der Waals surface area contributed by atoms with E-state index in [4.69, 9.17) is 10.7 Å². The summed E-state index contributed by atoms with van der Waals surface area (Å²) in [4.78, 5) is 11.5. The molecule has 2 aromatic rings. The number of likely N-dealkylation sites (N-methyl/N-ethyl adjacent to an activating group) is 1. The third kappa shape index (κ3) is 1.89. The molecule has 3 heterocycles. The molecule has 1 aliphatic heterocycles. The van der Waals surface area contributed by atoms with E-state index in [1.807, 2.05) is 30.1 Å². The molecule has 0 aliphatic carbocycles. The highest BCUT2D eigenvalue weighted by molar-refractivity contribution is 5.70. The monoisotopic (exact) mass is 245 g/mol. The van der Waals surface area contributed by atoms with Gasteiger partial charge in [0.1, 0.15) is 5.52 Å². The van der Waals surface area contributed by atoms with Crippen molar-refractivity contribution in [2.45, 2.75) is 24.9 Å². The standard InChI is InChI=1S/C13H19N5/c1-17-6-5-10-13(17)16-11(7-15-10)12-4-3-9(14)8-18(12)2/h5-7,9,12H,3-4,8,14H2,1-2H3. The van der Waals surface area contributed by atoms with Crippen LogP contribution in [0.1, 0.15) is 24.6 Å². The summed E-state index contributed by atoms with van der Waals surface area (Å²) in [6.45, 7) is 0.928. The Hall–Kier alpha value is -1.46. The summed E-state index contributed by atoms with van der Waals surface area (Å²) >= 11 is 0. The molecule has 1 fully saturated rings. The Morgan fingerprint density at radius 1 is 1.33 bits per heavy atom. The Bertz CT molecular complexity index is 562. The molecule has 1 aliphatic rings. The van der Waals surface area contributed by atoms with Crippen molar-refractivity contribution in [3.63, 3.8) is 0 Å². The van der Waals surface area contributed by atoms with Crippen LogP contribution in [-0.4, -0.2) is 39.1 Å². The topological polar surface area (TPSA) is 60.0 Å². The van der Waals surface area contributed by atoms with E-state index < -0.39 is 0 Å². The van der Waals surface area contributed by atoms with Crippen molar-refractivity contribution < 1.29 is 0 Å². The highest BCUT2D eigenvalue weighted by Crippen LogP contribution is 2.28. The van der Waals surface area contributed by atoms with E-state index in [0.717, 1.165) is 36.2 Å². The fourth-order valence-corrected chi connectivity index (χ4v) is 2.75. The Kier molecular flexibility index (Phi) is 2.80. The van der Waals surface area contributed by atoms with Crippen LogP contribution < -0.4 is 5.73 Å². The minimum absolute atomic E-state index is 0.290. The molecule has 0 bridgehead atoms. The van der Waals surface area contributed by atoms with E-state index in [1.165, 1.54) is 0 Å². The smallest absolute Gasteiger partial charge is 0.158 e. The molecule has 18 heavy (non-hydrogen) atoms. The Morgan fingerprint density at radius 2 is 2.17 bits per heavy atom. The van der Waals surface area contributed by atoms with Crippen molar-refractivity contribution in [2.24, 2.45) is 12.8 Å². The van der Waals surface area contributed by atoms with Gasteiger partial charge in [-0.05, 0) is 26.0 Å². The highest BCUT2D eigenvalue weighted by Gasteiger charge is 2.26. The van der Waals surface area contributed by atoms with Crippen LogP contribution in [0.25, 0.3) is 11.2 Å². The fraction of sp³-hybridized carbons (Fsp3) is 0.538. The van der Waals surface area contributed by atoms with Gasteiger partial charge in [-0.3, -0.25) is 9.88 Å². The number of hydrogen-bond donors (Lipinski definition) is 1. The lowest BCUT2D eigenvalue weighted by Crippen LogP contribution is -2.42. The Labute approximate surface area is 107 Å². The van der Waals surface area contributed by atoms with Gasteiger partial charge in [-0.2, -0.15) is 0 Å². The molecule has 0 aromatic carbocycles. The fourth-order valence-electron chi connectivity index (χ4n) is 2.75. The van der Waals surface area contributed by atoms with Gasteiger partial charge in [-0.15, -0.1) is 0 Å². The van der Waals surface area contributed by atoms with Crippen molar-refractivity contribution in [1.82, 2.24) is 19.4 Å². The summed E-state index contributed by atoms with van der Waals surface area (Å²) in [5.74, 6) is 0. The number of nitrogens with two attached hydrogens (primary N) is 1. The summed E-state index contributed by atoms with van der Waals surface area (Å²) in [6, 6.07) is 2.63. The molecule has 0 radical (unpaired) electrons. The Morgan fingerprint density at radius 3 is 2.94 bits per heavy atom. The largest absolute Gasteiger partial charge is 0.334 e. The lowest BCUT2D eigenvalue weighted by Gasteiger charge is -2.35. The molecule has 2 unspecified atom stereocenters. The number of piperidine rings is 1. The minimum Gasteiger partial charge on any atom is -0.334 e. The first-order valence-corrected chi connectivity index (χ1v) is 6.39. The van der Waals surface area contributed by atoms with Crippen LogP contribution in [0.15, 0.2) is 18.5 Å². The molecular weight excluding hydrogens is 226 g/mol. The lowest BCUT2D eigenvalue weighted by molar-refractivity contribution is 0.166. The summed E-state index contributed by atoms with van der Waals surface area (Å²) in [5.41, 5.74) is 8.95. The number of aryl methyl sites for hydroxylation is 1. The number of aromatic nitrogens is 3. The maximum atomic E-state index is 5.98. The van der Waals surface area contributed by atoms with Crippen molar-refractivity contribution in [1.29, 1.82) is 0 Å². The van der Waals surface area contributed by atoms with Crippen LogP contribution in [0.4, 0.5) is 0 Å². The van der Waals surface area contributed by atoms with Crippen molar-refractivity contribution >= 4 is 11.2 Å². The van der Waals surface area contributed by atoms with Crippen LogP contribution in [0, 0.1) is 0 Å². The van der Waals surface area contributed by atoms with E-state index in [0.29, 0.717) is 6.04 Å². The average Bonchev–Trinajstić information content (AvgIpc) is 2.71. The Balaban J connectivity index is 1.96. The van der Waals surface area contributed by atoms with Gasteiger partial charge in [0.25, 0.3) is 0 Å². The van der Waals surface area contributed by atoms with Crippen molar-refractivity contribution in [3.05, 3.63) is 24.2 Å². The molecule has 3 rings (SSSR count). The molecule has 2 atom stereocenters. The van der Waals surface area contributed by atoms with E-state index in [-0.39, 0.29) is 6.04 Å². The van der Waals surface area contributed by atoms with Crippen LogP contribution >= 0.6 is 0 Å². The van der Waals surface area contributed by atoms with Gasteiger partial charge >= 0.3 is 0 Å². The van der Waals surface area contributed by atoms with E-state index in [1.54, 1.807) is 0 Å². The minimum atomic E-state index is 0.290. The van der Waals surface area contributed by atoms with Gasteiger partial charge in [-0.25, -0.2) is 4.98 Å². The molecule has 0 amide bonds. The SMILES string of the molecule is CN1CC(N)CCC1c1cnc2ccn(C)c2n1. The van der Waals surface area contributed by atoms with Crippen molar-refractivity contribution in [2.75, 3.05) is 13.6 Å². The number of fused-ring (bicyclic) bond motifs is 1. The molecule has 0 spiro atoms. The normalized spacial score (nSPS) is 25.7. The van der Waals surface area contributed by atoms with Gasteiger partial charge in [-0.1, -0.05) is 0 Å². The molecule has 2 N–H and O–H groups in total. The molecule has 96 valence electrons. The molecular formula is C13H19N5. The summed E-state index contributed by atoms with van der Waals surface area (Å²) in [5, 5.41) is 0. The van der Waals surface area contributed by atoms with Gasteiger partial charge < -0.3 is 10.3 Å². The number of likely N-dealkylation sites (tertiary alicyclic amines) is 1. The third-order valence-corrected chi connectivity index (χ3v) is 3.80. The van der Waals surface area contributed by atoms with Gasteiger partial charge in [0.15, 0.2) is 5.65 Å². The van der Waals surface area contributed by atoms with Crippen LogP contribution in [0.5, 0.6) is 0 Å². The highest BCUT2D eigenvalue weighted by atomic mass is 15.2. The lowest BCUT2D eigenvalue weighted by atomic mass is 9.97. The summed E-state index contributed by atoms with van der Waals surface area (Å²) in [7, 11) is 4.11. The first-order chi connectivity index (χ1) is 8.65. The molecule has 5 heteroatoms. The second-order valence-electron chi connectivity index (χ2n) is 5.22. The van der Waals surface area contributed by atoms with E-state index in [2.05, 4.69) is 16.9 Å². The van der Waals surface area contributed by atoms with Gasteiger partial charge in [0.05, 0.1) is 17.9 Å². The van der Waals surface area contributed by atoms with Gasteiger partial charge in [0, 0.05) is 25.8 Å². The third-order valence-electron chi connectivity index (χ3n) is 3.80. The number of rotatable bonds is 1. The zero-order valence-electron chi connectivity index (χ0n) is 10.9. The van der Waals surface area contributed by atoms with Crippen LogP contribution in [-0.2, 0) is 7.05 Å². The predicted octanol–water partition coefficient (Wildman–Crippen LogP) is 1.06. The maximum Gasteiger partial charge on any atom is 0.158 e. The van der Waals surface area contributed by atoms with Crippen LogP contribution in [0.3, 0.4) is 0 Å². The summed E-state index contributed by atoms with van der Waals surface area (Å²) in [6.07, 6.45) is 6.01. The second kappa shape index (κ2) is 4.33. The number of hydrogen-bond acceptors (Lipinski definition) is 4. The van der Waals surface area contributed by atoms with E-state index in [9.17, 15) is 0 Å². The first kappa shape index (κ1) is 11.6. The van der Waals surface area contributed by atoms with Gasteiger partial charge in [0.2, 0.25) is 0 Å². The van der Waals surface area contributed by atoms with Crippen LogP contribution in [0.2, 0.25) is 0 Å². The predicted molar refractivity (Wildman–Crippen MR) is 71.1 cm³/mol. The summed E-state index contributed by atoms with van der Waals surface area (Å²) < 4.78 is 2.01. The van der Waals surface area contributed by atoms with Crippen molar-refractivity contribution in [3.8, 4) is 0 Å². The zero-order chi connectivity index (χ0) is 12.7. The quantitative estimate of drug-likeness (QED) is 0.816. The van der Waals surface area contributed by atoms with E-state index >= 15 is 0 Å².